The number of anilines is 1. The lowest BCUT2D eigenvalue weighted by Crippen LogP contribution is -2.34. The van der Waals surface area contributed by atoms with E-state index in [9.17, 15) is 5.11 Å². The normalized spacial score (nSPS) is 15.4. The van der Waals surface area contributed by atoms with Crippen LogP contribution in [0.5, 0.6) is 5.75 Å². The smallest absolute Gasteiger partial charge is 0.195 e. The van der Waals surface area contributed by atoms with Crippen LogP contribution in [0, 0.1) is 5.92 Å². The first-order valence-corrected chi connectivity index (χ1v) is 10.2. The molecule has 2 aromatic carbocycles. The number of aliphatic imine (C=N–C) groups is 1. The van der Waals surface area contributed by atoms with Crippen molar-refractivity contribution in [1.29, 1.82) is 0 Å². The number of rotatable bonds is 7. The highest BCUT2D eigenvalue weighted by Crippen LogP contribution is 2.30. The Morgan fingerprint density at radius 3 is 2.61 bits per heavy atom. The number of methoxy groups -OCH3 is 1. The Morgan fingerprint density at radius 1 is 1.07 bits per heavy atom. The van der Waals surface area contributed by atoms with Crippen LogP contribution in [0.2, 0.25) is 0 Å². The first-order chi connectivity index (χ1) is 13.8. The van der Waals surface area contributed by atoms with Crippen molar-refractivity contribution in [3.63, 3.8) is 0 Å². The van der Waals surface area contributed by atoms with Gasteiger partial charge in [0, 0.05) is 20.2 Å². The van der Waals surface area contributed by atoms with E-state index in [2.05, 4.69) is 22.8 Å². The molecule has 0 heterocycles. The van der Waals surface area contributed by atoms with Crippen molar-refractivity contribution >= 4 is 11.6 Å². The molecule has 5 nitrogen and oxygen atoms in total. The number of ether oxygens (including phenoxy) is 1. The van der Waals surface area contributed by atoms with E-state index in [1.807, 2.05) is 30.3 Å². The number of benzene rings is 2. The summed E-state index contributed by atoms with van der Waals surface area (Å²) in [6, 6.07) is 15.7. The molecule has 0 bridgehead atoms. The zero-order chi connectivity index (χ0) is 19.6. The van der Waals surface area contributed by atoms with Crippen molar-refractivity contribution < 1.29 is 9.84 Å². The van der Waals surface area contributed by atoms with Gasteiger partial charge in [0.15, 0.2) is 5.96 Å². The van der Waals surface area contributed by atoms with Gasteiger partial charge in [-0.25, -0.2) is 0 Å². The van der Waals surface area contributed by atoms with Gasteiger partial charge in [0.2, 0.25) is 0 Å². The van der Waals surface area contributed by atoms with Gasteiger partial charge in [-0.15, -0.1) is 0 Å². The Balaban J connectivity index is 1.74. The summed E-state index contributed by atoms with van der Waals surface area (Å²) < 4.78 is 5.14. The van der Waals surface area contributed by atoms with E-state index < -0.39 is 0 Å². The molecule has 0 spiro atoms. The van der Waals surface area contributed by atoms with Crippen molar-refractivity contribution in [2.45, 2.75) is 32.1 Å². The van der Waals surface area contributed by atoms with Gasteiger partial charge in [-0.05, 0) is 42.0 Å². The lowest BCUT2D eigenvalue weighted by atomic mass is 9.89. The molecule has 150 valence electrons. The molecule has 0 radical (unpaired) electrons. The summed E-state index contributed by atoms with van der Waals surface area (Å²) in [5, 5.41) is 16.9. The van der Waals surface area contributed by atoms with Crippen LogP contribution in [0.1, 0.15) is 32.1 Å². The van der Waals surface area contributed by atoms with Crippen LogP contribution in [0.25, 0.3) is 11.1 Å². The second-order valence-electron chi connectivity index (χ2n) is 7.34. The predicted octanol–water partition coefficient (Wildman–Crippen LogP) is 4.64. The number of nitrogens with zero attached hydrogens (tertiary/aromatic N) is 1. The summed E-state index contributed by atoms with van der Waals surface area (Å²) >= 11 is 0. The van der Waals surface area contributed by atoms with Crippen LogP contribution in [0.15, 0.2) is 53.5 Å². The van der Waals surface area contributed by atoms with Crippen LogP contribution in [-0.2, 0) is 4.74 Å². The SMILES string of the molecule is COCCNC(=NCC1CCCCC1)Nc1cc(-c2ccccc2)ccc1O. The van der Waals surface area contributed by atoms with Crippen molar-refractivity contribution in [3.8, 4) is 16.9 Å². The number of guanidine groups is 1. The second-order valence-corrected chi connectivity index (χ2v) is 7.34. The molecule has 2 aromatic rings. The zero-order valence-corrected chi connectivity index (χ0v) is 16.7. The molecule has 0 saturated heterocycles. The maximum absolute atomic E-state index is 10.3. The second kappa shape index (κ2) is 10.7. The largest absolute Gasteiger partial charge is 0.506 e. The van der Waals surface area contributed by atoms with Crippen molar-refractivity contribution in [1.82, 2.24) is 5.32 Å². The van der Waals surface area contributed by atoms with Crippen molar-refractivity contribution in [2.75, 3.05) is 32.1 Å². The molecule has 3 rings (SSSR count). The molecular formula is C23H31N3O2. The standard InChI is InChI=1S/C23H31N3O2/c1-28-15-14-24-23(25-17-18-8-4-2-5-9-18)26-21-16-20(12-13-22(21)27)19-10-6-3-7-11-19/h3,6-7,10-13,16,18,27H,2,4-5,8-9,14-15,17H2,1H3,(H2,24,25,26). The molecule has 0 aliphatic heterocycles. The Morgan fingerprint density at radius 2 is 1.86 bits per heavy atom. The summed E-state index contributed by atoms with van der Waals surface area (Å²) in [5.41, 5.74) is 2.80. The monoisotopic (exact) mass is 381 g/mol. The molecule has 5 heteroatoms. The Hall–Kier alpha value is -2.53. The highest BCUT2D eigenvalue weighted by Gasteiger charge is 2.14. The van der Waals surface area contributed by atoms with E-state index in [0.717, 1.165) is 17.7 Å². The minimum Gasteiger partial charge on any atom is -0.506 e. The van der Waals surface area contributed by atoms with Crippen LogP contribution in [0.3, 0.4) is 0 Å². The molecule has 3 N–H and O–H groups in total. The Labute approximate surface area is 167 Å². The quantitative estimate of drug-likeness (QED) is 0.283. The van der Waals surface area contributed by atoms with E-state index >= 15 is 0 Å². The first-order valence-electron chi connectivity index (χ1n) is 10.2. The van der Waals surface area contributed by atoms with Gasteiger partial charge in [0.25, 0.3) is 0 Å². The summed E-state index contributed by atoms with van der Waals surface area (Å²) in [5.74, 6) is 1.54. The molecule has 0 unspecified atom stereocenters. The topological polar surface area (TPSA) is 65.9 Å². The molecule has 1 aliphatic rings. The highest BCUT2D eigenvalue weighted by atomic mass is 16.5. The van der Waals surface area contributed by atoms with Gasteiger partial charge >= 0.3 is 0 Å². The fourth-order valence-corrected chi connectivity index (χ4v) is 3.58. The van der Waals surface area contributed by atoms with E-state index in [1.165, 1.54) is 32.1 Å². The number of nitrogens with one attached hydrogen (secondary N) is 2. The van der Waals surface area contributed by atoms with Gasteiger partial charge in [-0.3, -0.25) is 4.99 Å². The average molecular weight is 382 g/mol. The van der Waals surface area contributed by atoms with E-state index in [-0.39, 0.29) is 5.75 Å². The van der Waals surface area contributed by atoms with E-state index in [1.54, 1.807) is 13.2 Å². The lowest BCUT2D eigenvalue weighted by Gasteiger charge is -2.20. The fraction of sp³-hybridized carbons (Fsp3) is 0.435. The number of hydrogen-bond acceptors (Lipinski definition) is 3. The first kappa shape index (κ1) is 20.2. The van der Waals surface area contributed by atoms with Crippen LogP contribution in [0.4, 0.5) is 5.69 Å². The fourth-order valence-electron chi connectivity index (χ4n) is 3.58. The maximum Gasteiger partial charge on any atom is 0.195 e. The number of aromatic hydroxyl groups is 1. The van der Waals surface area contributed by atoms with Gasteiger partial charge in [0.1, 0.15) is 5.75 Å². The molecule has 1 aliphatic carbocycles. The van der Waals surface area contributed by atoms with Gasteiger partial charge in [-0.1, -0.05) is 55.7 Å². The Bertz CT molecular complexity index is 756. The molecule has 0 amide bonds. The average Bonchev–Trinajstić information content (AvgIpc) is 2.75. The van der Waals surface area contributed by atoms with Gasteiger partial charge in [0.05, 0.1) is 12.3 Å². The van der Waals surface area contributed by atoms with E-state index in [0.29, 0.717) is 30.7 Å². The summed E-state index contributed by atoms with van der Waals surface area (Å²) in [6.07, 6.45) is 6.46. The lowest BCUT2D eigenvalue weighted by molar-refractivity contribution is 0.204. The maximum atomic E-state index is 10.3. The summed E-state index contributed by atoms with van der Waals surface area (Å²) in [6.45, 7) is 2.06. The van der Waals surface area contributed by atoms with Gasteiger partial charge in [-0.2, -0.15) is 0 Å². The predicted molar refractivity (Wildman–Crippen MR) is 116 cm³/mol. The van der Waals surface area contributed by atoms with Crippen LogP contribution in [-0.4, -0.2) is 37.9 Å². The van der Waals surface area contributed by atoms with Gasteiger partial charge < -0.3 is 20.5 Å². The van der Waals surface area contributed by atoms with E-state index in [4.69, 9.17) is 9.73 Å². The van der Waals surface area contributed by atoms with Crippen molar-refractivity contribution in [2.24, 2.45) is 10.9 Å². The molecule has 1 fully saturated rings. The minimum atomic E-state index is 0.207. The third-order valence-corrected chi connectivity index (χ3v) is 5.19. The molecule has 0 atom stereocenters. The molecule has 28 heavy (non-hydrogen) atoms. The van der Waals surface area contributed by atoms with Crippen molar-refractivity contribution in [3.05, 3.63) is 48.5 Å². The number of phenolic OH excluding ortho intramolecular Hbond substituents is 1. The minimum absolute atomic E-state index is 0.207. The third kappa shape index (κ3) is 5.99. The number of hydrogen-bond donors (Lipinski definition) is 3. The Kier molecular flexibility index (Phi) is 7.73. The molecule has 1 saturated carbocycles. The molecular weight excluding hydrogens is 350 g/mol. The summed E-state index contributed by atoms with van der Waals surface area (Å²) in [4.78, 5) is 4.79. The highest BCUT2D eigenvalue weighted by molar-refractivity contribution is 5.95. The molecule has 0 aromatic heterocycles. The summed E-state index contributed by atoms with van der Waals surface area (Å²) in [7, 11) is 1.68. The number of phenols is 1. The third-order valence-electron chi connectivity index (χ3n) is 5.19. The van der Waals surface area contributed by atoms with Crippen LogP contribution >= 0.6 is 0 Å². The van der Waals surface area contributed by atoms with Crippen LogP contribution < -0.4 is 10.6 Å². The zero-order valence-electron chi connectivity index (χ0n) is 16.7.